The molecule has 0 saturated heterocycles. The maximum absolute atomic E-state index is 5.36. The van der Waals surface area contributed by atoms with Crippen molar-refractivity contribution in [2.45, 2.75) is 25.4 Å². The van der Waals surface area contributed by atoms with Crippen molar-refractivity contribution >= 4 is 0 Å². The summed E-state index contributed by atoms with van der Waals surface area (Å²) < 4.78 is 5.36. The predicted molar refractivity (Wildman–Crippen MR) is 67.5 cm³/mol. The Hall–Kier alpha value is -1.54. The zero-order valence-corrected chi connectivity index (χ0v) is 9.80. The Balaban J connectivity index is 1.68. The van der Waals surface area contributed by atoms with Gasteiger partial charge in [-0.2, -0.15) is 0 Å². The summed E-state index contributed by atoms with van der Waals surface area (Å²) in [6.45, 7) is 0.809. The third-order valence-electron chi connectivity index (χ3n) is 3.33. The third-order valence-corrected chi connectivity index (χ3v) is 3.33. The lowest BCUT2D eigenvalue weighted by Gasteiger charge is -2.18. The van der Waals surface area contributed by atoms with Gasteiger partial charge in [0, 0.05) is 6.04 Å². The zero-order chi connectivity index (χ0) is 11.5. The third kappa shape index (κ3) is 2.59. The van der Waals surface area contributed by atoms with Gasteiger partial charge in [0.2, 0.25) is 0 Å². The summed E-state index contributed by atoms with van der Waals surface area (Å²) in [5.41, 5.74) is 1.39. The van der Waals surface area contributed by atoms with E-state index in [1.807, 2.05) is 12.1 Å². The van der Waals surface area contributed by atoms with E-state index in [9.17, 15) is 0 Å². The fraction of sp³-hybridized carbons (Fsp3) is 0.333. The van der Waals surface area contributed by atoms with Gasteiger partial charge in [-0.25, -0.2) is 0 Å². The second-order valence-corrected chi connectivity index (χ2v) is 4.69. The molecule has 2 aromatic rings. The van der Waals surface area contributed by atoms with Crippen molar-refractivity contribution < 1.29 is 4.42 Å². The van der Waals surface area contributed by atoms with Gasteiger partial charge in [0.25, 0.3) is 0 Å². The predicted octanol–water partition coefficient (Wildman–Crippen LogP) is 3.52. The lowest BCUT2D eigenvalue weighted by Crippen LogP contribution is -2.22. The maximum Gasteiger partial charge on any atom is 0.117 e. The molecule has 0 radical (unpaired) electrons. The Bertz CT molecular complexity index is 445. The van der Waals surface area contributed by atoms with Crippen LogP contribution in [0.15, 0.2) is 53.1 Å². The quantitative estimate of drug-likeness (QED) is 0.845. The van der Waals surface area contributed by atoms with Crippen LogP contribution >= 0.6 is 0 Å². The molecule has 1 saturated carbocycles. The lowest BCUT2D eigenvalue weighted by atomic mass is 10.0. The highest BCUT2D eigenvalue weighted by Gasteiger charge is 2.31. The fourth-order valence-electron chi connectivity index (χ4n) is 2.27. The summed E-state index contributed by atoms with van der Waals surface area (Å²) in [5.74, 6) is 1.80. The minimum absolute atomic E-state index is 0.473. The van der Waals surface area contributed by atoms with Gasteiger partial charge < -0.3 is 9.73 Å². The SMILES string of the molecule is c1ccc(C(NCc2ccco2)C2CC2)cc1. The average molecular weight is 227 g/mol. The molecule has 0 spiro atoms. The first-order valence-electron chi connectivity index (χ1n) is 6.24. The first-order valence-corrected chi connectivity index (χ1v) is 6.24. The summed E-state index contributed by atoms with van der Waals surface area (Å²) in [7, 11) is 0. The molecule has 1 aromatic carbocycles. The van der Waals surface area contributed by atoms with Crippen LogP contribution in [0.4, 0.5) is 0 Å². The topological polar surface area (TPSA) is 25.2 Å². The lowest BCUT2D eigenvalue weighted by molar-refractivity contribution is 0.426. The van der Waals surface area contributed by atoms with E-state index in [-0.39, 0.29) is 0 Å². The van der Waals surface area contributed by atoms with Crippen LogP contribution in [0.3, 0.4) is 0 Å². The molecule has 1 atom stereocenters. The molecule has 1 fully saturated rings. The van der Waals surface area contributed by atoms with Crippen molar-refractivity contribution in [1.29, 1.82) is 0 Å². The van der Waals surface area contributed by atoms with Gasteiger partial charge in [0.05, 0.1) is 12.8 Å². The van der Waals surface area contributed by atoms with Gasteiger partial charge in [-0.3, -0.25) is 0 Å². The van der Waals surface area contributed by atoms with E-state index in [1.54, 1.807) is 6.26 Å². The normalized spacial score (nSPS) is 16.9. The molecular formula is C15H17NO. The molecule has 2 heteroatoms. The molecule has 1 heterocycles. The Morgan fingerprint density at radius 2 is 1.94 bits per heavy atom. The van der Waals surface area contributed by atoms with Crippen molar-refractivity contribution in [1.82, 2.24) is 5.32 Å². The molecule has 1 aromatic heterocycles. The van der Waals surface area contributed by atoms with Crippen LogP contribution in [0.25, 0.3) is 0 Å². The highest BCUT2D eigenvalue weighted by atomic mass is 16.3. The highest BCUT2D eigenvalue weighted by molar-refractivity contribution is 5.21. The van der Waals surface area contributed by atoms with Crippen LogP contribution in [0, 0.1) is 5.92 Å². The van der Waals surface area contributed by atoms with E-state index in [2.05, 4.69) is 35.6 Å². The standard InChI is InChI=1S/C15H17NO/c1-2-5-12(6-3-1)15(13-8-9-13)16-11-14-7-4-10-17-14/h1-7,10,13,15-16H,8-9,11H2. The van der Waals surface area contributed by atoms with Crippen LogP contribution in [-0.2, 0) is 6.54 Å². The first-order chi connectivity index (χ1) is 8.43. The minimum Gasteiger partial charge on any atom is -0.468 e. The summed E-state index contributed by atoms with van der Waals surface area (Å²) in [5, 5.41) is 3.61. The van der Waals surface area contributed by atoms with E-state index in [4.69, 9.17) is 4.42 Å². The molecule has 0 bridgehead atoms. The highest BCUT2D eigenvalue weighted by Crippen LogP contribution is 2.41. The van der Waals surface area contributed by atoms with Gasteiger partial charge in [-0.05, 0) is 36.5 Å². The fourth-order valence-corrected chi connectivity index (χ4v) is 2.27. The van der Waals surface area contributed by atoms with Gasteiger partial charge in [-0.15, -0.1) is 0 Å². The molecule has 1 unspecified atom stereocenters. The molecule has 1 aliphatic rings. The van der Waals surface area contributed by atoms with Crippen molar-refractivity contribution in [3.05, 3.63) is 60.1 Å². The first kappa shape index (κ1) is 10.6. The van der Waals surface area contributed by atoms with E-state index >= 15 is 0 Å². The monoisotopic (exact) mass is 227 g/mol. The Labute approximate surface area is 102 Å². The Morgan fingerprint density at radius 3 is 2.59 bits per heavy atom. The second kappa shape index (κ2) is 4.76. The van der Waals surface area contributed by atoms with Gasteiger partial charge in [-0.1, -0.05) is 30.3 Å². The molecule has 0 aliphatic heterocycles. The van der Waals surface area contributed by atoms with E-state index in [0.717, 1.165) is 18.2 Å². The summed E-state index contributed by atoms with van der Waals surface area (Å²) in [4.78, 5) is 0. The smallest absolute Gasteiger partial charge is 0.117 e. The summed E-state index contributed by atoms with van der Waals surface area (Å²) >= 11 is 0. The van der Waals surface area contributed by atoms with Crippen LogP contribution in [0.2, 0.25) is 0 Å². The maximum atomic E-state index is 5.36. The van der Waals surface area contributed by atoms with Crippen LogP contribution in [-0.4, -0.2) is 0 Å². The van der Waals surface area contributed by atoms with Gasteiger partial charge in [0.15, 0.2) is 0 Å². The van der Waals surface area contributed by atoms with E-state index in [1.165, 1.54) is 18.4 Å². The number of nitrogens with one attached hydrogen (secondary N) is 1. The van der Waals surface area contributed by atoms with Crippen LogP contribution < -0.4 is 5.32 Å². The molecule has 1 N–H and O–H groups in total. The van der Waals surface area contributed by atoms with Gasteiger partial charge in [0.1, 0.15) is 5.76 Å². The Morgan fingerprint density at radius 1 is 1.12 bits per heavy atom. The largest absolute Gasteiger partial charge is 0.468 e. The molecular weight excluding hydrogens is 210 g/mol. The number of hydrogen-bond acceptors (Lipinski definition) is 2. The van der Waals surface area contributed by atoms with Crippen LogP contribution in [0.1, 0.15) is 30.2 Å². The average Bonchev–Trinajstić information content (AvgIpc) is 3.07. The van der Waals surface area contributed by atoms with E-state index in [0.29, 0.717) is 6.04 Å². The van der Waals surface area contributed by atoms with E-state index < -0.39 is 0 Å². The number of rotatable bonds is 5. The molecule has 3 rings (SSSR count). The van der Waals surface area contributed by atoms with Crippen molar-refractivity contribution in [2.75, 3.05) is 0 Å². The molecule has 2 nitrogen and oxygen atoms in total. The molecule has 17 heavy (non-hydrogen) atoms. The molecule has 0 amide bonds. The zero-order valence-electron chi connectivity index (χ0n) is 9.80. The molecule has 1 aliphatic carbocycles. The summed E-state index contributed by atoms with van der Waals surface area (Å²) in [6.07, 6.45) is 4.40. The van der Waals surface area contributed by atoms with Gasteiger partial charge >= 0.3 is 0 Å². The number of benzene rings is 1. The van der Waals surface area contributed by atoms with Crippen LogP contribution in [0.5, 0.6) is 0 Å². The second-order valence-electron chi connectivity index (χ2n) is 4.69. The minimum atomic E-state index is 0.473. The number of furan rings is 1. The molecule has 88 valence electrons. The Kier molecular flexibility index (Phi) is 2.97. The van der Waals surface area contributed by atoms with Crippen molar-refractivity contribution in [3.8, 4) is 0 Å². The van der Waals surface area contributed by atoms with Crippen molar-refractivity contribution in [3.63, 3.8) is 0 Å². The summed E-state index contributed by atoms with van der Waals surface area (Å²) in [6, 6.07) is 15.1. The number of hydrogen-bond donors (Lipinski definition) is 1. The van der Waals surface area contributed by atoms with Crippen molar-refractivity contribution in [2.24, 2.45) is 5.92 Å².